The zero-order chi connectivity index (χ0) is 22.5. The van der Waals surface area contributed by atoms with Crippen molar-refractivity contribution in [2.24, 2.45) is 7.05 Å². The fraction of sp³-hybridized carbons (Fsp3) is 0.185. The van der Waals surface area contributed by atoms with Crippen LogP contribution in [0.25, 0.3) is 10.9 Å². The van der Waals surface area contributed by atoms with Gasteiger partial charge in [0.2, 0.25) is 5.91 Å². The molecule has 0 N–H and O–H groups in total. The molecule has 5 heteroatoms. The minimum absolute atomic E-state index is 0.0491. The van der Waals surface area contributed by atoms with Gasteiger partial charge in [0.15, 0.2) is 5.78 Å². The molecule has 0 fully saturated rings. The number of amides is 1. The number of aryl methyl sites for hydroxylation is 1. The summed E-state index contributed by atoms with van der Waals surface area (Å²) in [6, 6.07) is 22.8. The monoisotopic (exact) mass is 424 g/mol. The number of para-hydroxylation sites is 2. The summed E-state index contributed by atoms with van der Waals surface area (Å²) < 4.78 is 7.25. The minimum atomic E-state index is -1.09. The van der Waals surface area contributed by atoms with Crippen LogP contribution >= 0.6 is 0 Å². The molecule has 1 aliphatic rings. The molecular weight excluding hydrogens is 400 g/mol. The van der Waals surface area contributed by atoms with Crippen LogP contribution in [0.15, 0.2) is 79.0 Å². The number of ether oxygens (including phenoxy) is 1. The largest absolute Gasteiger partial charge is 0.497 e. The van der Waals surface area contributed by atoms with E-state index in [0.29, 0.717) is 11.3 Å². The minimum Gasteiger partial charge on any atom is -0.497 e. The number of aromatic nitrogens is 1. The lowest BCUT2D eigenvalue weighted by atomic mass is 9.71. The van der Waals surface area contributed by atoms with E-state index in [-0.39, 0.29) is 18.1 Å². The average Bonchev–Trinajstić information content (AvgIpc) is 3.28. The number of carbonyl (C=O) groups is 2. The van der Waals surface area contributed by atoms with Crippen molar-refractivity contribution < 1.29 is 14.3 Å². The molecule has 1 amide bonds. The zero-order valence-corrected chi connectivity index (χ0v) is 18.3. The van der Waals surface area contributed by atoms with Gasteiger partial charge in [0, 0.05) is 48.9 Å². The van der Waals surface area contributed by atoms with E-state index in [4.69, 9.17) is 4.74 Å². The molecule has 5 rings (SSSR count). The molecule has 160 valence electrons. The molecule has 5 nitrogen and oxygen atoms in total. The van der Waals surface area contributed by atoms with Gasteiger partial charge in [-0.2, -0.15) is 0 Å². The third kappa shape index (κ3) is 2.78. The molecule has 2 heterocycles. The number of likely N-dealkylation sites (N-methyl/N-ethyl adjacent to an activating group) is 1. The lowest BCUT2D eigenvalue weighted by molar-refractivity contribution is -0.121. The van der Waals surface area contributed by atoms with Crippen LogP contribution in [-0.2, 0) is 17.3 Å². The summed E-state index contributed by atoms with van der Waals surface area (Å²) in [7, 11) is 5.35. The van der Waals surface area contributed by atoms with E-state index < -0.39 is 5.41 Å². The molecule has 1 aromatic heterocycles. The predicted molar refractivity (Wildman–Crippen MR) is 125 cm³/mol. The number of nitrogens with zero attached hydrogens (tertiary/aromatic N) is 2. The van der Waals surface area contributed by atoms with Crippen molar-refractivity contribution in [2.75, 3.05) is 19.1 Å². The highest BCUT2D eigenvalue weighted by Gasteiger charge is 2.53. The standard InChI is InChI=1S/C27H24N2O3/c1-28-17-22(20-8-4-6-10-23(20)28)27(16-25(30)18-12-14-19(32-3)15-13-18)21-9-5-7-11-24(21)29(2)26(27)31/h4-15,17H,16H2,1-3H3. The van der Waals surface area contributed by atoms with Crippen LogP contribution in [0.2, 0.25) is 0 Å². The third-order valence-electron chi connectivity index (χ3n) is 6.59. The zero-order valence-electron chi connectivity index (χ0n) is 18.3. The van der Waals surface area contributed by atoms with E-state index in [1.807, 2.05) is 66.3 Å². The van der Waals surface area contributed by atoms with Crippen molar-refractivity contribution in [1.82, 2.24) is 4.57 Å². The number of hydrogen-bond acceptors (Lipinski definition) is 3. The Morgan fingerprint density at radius 2 is 1.59 bits per heavy atom. The molecular formula is C27H24N2O3. The van der Waals surface area contributed by atoms with Crippen LogP contribution in [0.3, 0.4) is 0 Å². The average molecular weight is 425 g/mol. The van der Waals surface area contributed by atoms with E-state index >= 15 is 0 Å². The normalized spacial score (nSPS) is 17.6. The SMILES string of the molecule is COc1ccc(C(=O)CC2(c3cn(C)c4ccccc34)C(=O)N(C)c3ccccc32)cc1. The smallest absolute Gasteiger partial charge is 0.242 e. The van der Waals surface area contributed by atoms with E-state index in [0.717, 1.165) is 27.7 Å². The van der Waals surface area contributed by atoms with Gasteiger partial charge in [0.05, 0.1) is 7.11 Å². The van der Waals surface area contributed by atoms with Crippen molar-refractivity contribution in [3.05, 3.63) is 95.7 Å². The number of Topliss-reactive ketones (excluding diaryl/α,β-unsaturated/α-hetero) is 1. The third-order valence-corrected chi connectivity index (χ3v) is 6.59. The second-order valence-electron chi connectivity index (χ2n) is 8.29. The summed E-state index contributed by atoms with van der Waals surface area (Å²) >= 11 is 0. The second-order valence-corrected chi connectivity index (χ2v) is 8.29. The molecule has 0 aliphatic carbocycles. The maximum absolute atomic E-state index is 13.9. The van der Waals surface area contributed by atoms with E-state index in [1.54, 1.807) is 43.3 Å². The van der Waals surface area contributed by atoms with Gasteiger partial charge in [-0.25, -0.2) is 0 Å². The van der Waals surface area contributed by atoms with Gasteiger partial charge < -0.3 is 14.2 Å². The molecule has 0 saturated heterocycles. The first-order valence-electron chi connectivity index (χ1n) is 10.6. The molecule has 1 unspecified atom stereocenters. The topological polar surface area (TPSA) is 51.5 Å². The number of anilines is 1. The molecule has 0 bridgehead atoms. The first kappa shape index (κ1) is 20.1. The van der Waals surface area contributed by atoms with E-state index in [1.165, 1.54) is 0 Å². The number of rotatable bonds is 5. The maximum Gasteiger partial charge on any atom is 0.242 e. The lowest BCUT2D eigenvalue weighted by Gasteiger charge is -2.28. The van der Waals surface area contributed by atoms with Crippen molar-refractivity contribution in [2.45, 2.75) is 11.8 Å². The summed E-state index contributed by atoms with van der Waals surface area (Å²) in [5.74, 6) is 0.517. The summed E-state index contributed by atoms with van der Waals surface area (Å²) in [6.45, 7) is 0. The lowest BCUT2D eigenvalue weighted by Crippen LogP contribution is -2.41. The highest BCUT2D eigenvalue weighted by molar-refractivity contribution is 6.15. The highest BCUT2D eigenvalue weighted by atomic mass is 16.5. The molecule has 1 atom stereocenters. The van der Waals surface area contributed by atoms with E-state index in [2.05, 4.69) is 0 Å². The number of carbonyl (C=O) groups excluding carboxylic acids is 2. The van der Waals surface area contributed by atoms with Gasteiger partial charge in [-0.3, -0.25) is 9.59 Å². The molecule has 32 heavy (non-hydrogen) atoms. The Kier molecular flexibility index (Phi) is 4.63. The summed E-state index contributed by atoms with van der Waals surface area (Å²) in [6.07, 6.45) is 2.05. The van der Waals surface area contributed by atoms with Gasteiger partial charge >= 0.3 is 0 Å². The van der Waals surface area contributed by atoms with Crippen LogP contribution in [0.1, 0.15) is 27.9 Å². The van der Waals surface area contributed by atoms with Crippen molar-refractivity contribution in [3.63, 3.8) is 0 Å². The number of ketones is 1. The molecule has 3 aromatic carbocycles. The van der Waals surface area contributed by atoms with Crippen LogP contribution in [0.5, 0.6) is 5.75 Å². The van der Waals surface area contributed by atoms with Gasteiger partial charge in [0.25, 0.3) is 0 Å². The van der Waals surface area contributed by atoms with Crippen molar-refractivity contribution in [1.29, 1.82) is 0 Å². The van der Waals surface area contributed by atoms with Gasteiger partial charge in [-0.05, 0) is 47.5 Å². The Bertz CT molecular complexity index is 1350. The Morgan fingerprint density at radius 3 is 2.34 bits per heavy atom. The van der Waals surface area contributed by atoms with Gasteiger partial charge in [-0.1, -0.05) is 36.4 Å². The second kappa shape index (κ2) is 7.38. The Balaban J connectivity index is 1.73. The number of benzene rings is 3. The fourth-order valence-electron chi connectivity index (χ4n) is 4.97. The van der Waals surface area contributed by atoms with Crippen LogP contribution < -0.4 is 9.64 Å². The molecule has 0 spiro atoms. The van der Waals surface area contributed by atoms with Crippen LogP contribution in [0, 0.1) is 0 Å². The van der Waals surface area contributed by atoms with E-state index in [9.17, 15) is 9.59 Å². The summed E-state index contributed by atoms with van der Waals surface area (Å²) in [5, 5.41) is 0.982. The van der Waals surface area contributed by atoms with Crippen molar-refractivity contribution in [3.8, 4) is 5.75 Å². The van der Waals surface area contributed by atoms with Gasteiger partial charge in [-0.15, -0.1) is 0 Å². The summed E-state index contributed by atoms with van der Waals surface area (Å²) in [5.41, 5.74) is 3.06. The Labute approximate surface area is 186 Å². The van der Waals surface area contributed by atoms with Crippen LogP contribution in [-0.4, -0.2) is 30.4 Å². The molecule has 0 saturated carbocycles. The highest BCUT2D eigenvalue weighted by Crippen LogP contribution is 2.50. The van der Waals surface area contributed by atoms with Gasteiger partial charge in [0.1, 0.15) is 11.2 Å². The first-order valence-corrected chi connectivity index (χ1v) is 10.6. The maximum atomic E-state index is 13.9. The molecule has 1 aliphatic heterocycles. The molecule has 4 aromatic rings. The number of fused-ring (bicyclic) bond motifs is 2. The fourth-order valence-corrected chi connectivity index (χ4v) is 4.97. The number of hydrogen-bond donors (Lipinski definition) is 0. The van der Waals surface area contributed by atoms with Crippen LogP contribution in [0.4, 0.5) is 5.69 Å². The predicted octanol–water partition coefficient (Wildman–Crippen LogP) is 4.72. The number of methoxy groups -OCH3 is 1. The Morgan fingerprint density at radius 1 is 0.906 bits per heavy atom. The Hall–Kier alpha value is -3.86. The molecule has 0 radical (unpaired) electrons. The van der Waals surface area contributed by atoms with Crippen molar-refractivity contribution >= 4 is 28.3 Å². The first-order chi connectivity index (χ1) is 15.5. The quantitative estimate of drug-likeness (QED) is 0.436. The summed E-state index contributed by atoms with van der Waals surface area (Å²) in [4.78, 5) is 29.2.